The Morgan fingerprint density at radius 2 is 1.94 bits per heavy atom. The van der Waals surface area contributed by atoms with Crippen molar-refractivity contribution in [1.29, 1.82) is 0 Å². The lowest BCUT2D eigenvalue weighted by molar-refractivity contribution is 0.360. The number of nitrogens with zero attached hydrogens (tertiary/aromatic N) is 1. The Kier molecular flexibility index (Phi) is 3.46. The molecule has 17 heavy (non-hydrogen) atoms. The van der Waals surface area contributed by atoms with E-state index in [4.69, 9.17) is 0 Å². The molecule has 1 aliphatic heterocycles. The highest BCUT2D eigenvalue weighted by Gasteiger charge is 2.27. The van der Waals surface area contributed by atoms with Gasteiger partial charge < -0.3 is 5.32 Å². The molecule has 0 atom stereocenters. The zero-order valence-electron chi connectivity index (χ0n) is 9.61. The number of rotatable bonds is 2. The Balaban J connectivity index is 2.40. The summed E-state index contributed by atoms with van der Waals surface area (Å²) in [4.78, 5) is 0.0689. The first kappa shape index (κ1) is 12.5. The second kappa shape index (κ2) is 4.72. The maximum Gasteiger partial charge on any atom is 0.243 e. The van der Waals surface area contributed by atoms with Crippen molar-refractivity contribution in [3.8, 4) is 0 Å². The molecule has 1 N–H and O–H groups in total. The minimum atomic E-state index is -3.56. The lowest BCUT2D eigenvalue weighted by atomic mass is 10.2. The van der Waals surface area contributed by atoms with Gasteiger partial charge in [-0.3, -0.25) is 0 Å². The molecule has 1 aromatic carbocycles. The predicted octanol–water partition coefficient (Wildman–Crippen LogP) is 0.728. The fourth-order valence-electron chi connectivity index (χ4n) is 1.88. The van der Waals surface area contributed by atoms with Crippen LogP contribution in [0.2, 0.25) is 0 Å². The lowest BCUT2D eigenvalue weighted by Crippen LogP contribution is -2.46. The number of benzene rings is 1. The van der Waals surface area contributed by atoms with Crippen LogP contribution in [-0.2, 0) is 10.0 Å². The minimum absolute atomic E-state index is 0.0689. The van der Waals surface area contributed by atoms with Crippen LogP contribution in [0.4, 0.5) is 4.39 Å². The standard InChI is InChI=1S/C11H15FN2O2S/c1-9-2-3-10(12)8-11(9)17(15,16)14-6-4-13-5-7-14/h2-3,8,13H,4-7H2,1H3. The number of nitrogens with one attached hydrogen (secondary N) is 1. The van der Waals surface area contributed by atoms with Gasteiger partial charge in [-0.25, -0.2) is 12.8 Å². The van der Waals surface area contributed by atoms with Gasteiger partial charge in [-0.05, 0) is 24.6 Å². The number of aryl methyl sites for hydroxylation is 1. The molecule has 94 valence electrons. The Morgan fingerprint density at radius 1 is 1.29 bits per heavy atom. The number of hydrogen-bond donors (Lipinski definition) is 1. The zero-order chi connectivity index (χ0) is 12.5. The third-order valence-corrected chi connectivity index (χ3v) is 4.88. The van der Waals surface area contributed by atoms with Crippen LogP contribution in [-0.4, -0.2) is 38.9 Å². The fourth-order valence-corrected chi connectivity index (χ4v) is 3.55. The molecule has 1 heterocycles. The van der Waals surface area contributed by atoms with Crippen LogP contribution in [0.15, 0.2) is 23.1 Å². The van der Waals surface area contributed by atoms with Gasteiger partial charge in [0.25, 0.3) is 0 Å². The van der Waals surface area contributed by atoms with Crippen molar-refractivity contribution in [1.82, 2.24) is 9.62 Å². The van der Waals surface area contributed by atoms with Gasteiger partial charge >= 0.3 is 0 Å². The van der Waals surface area contributed by atoms with E-state index in [9.17, 15) is 12.8 Å². The lowest BCUT2D eigenvalue weighted by Gasteiger charge is -2.27. The summed E-state index contributed by atoms with van der Waals surface area (Å²) in [6.07, 6.45) is 0. The molecule has 1 saturated heterocycles. The first-order valence-electron chi connectivity index (χ1n) is 5.49. The van der Waals surface area contributed by atoms with Crippen LogP contribution in [0.25, 0.3) is 0 Å². The van der Waals surface area contributed by atoms with Gasteiger partial charge in [0.15, 0.2) is 0 Å². The maximum atomic E-state index is 13.1. The monoisotopic (exact) mass is 258 g/mol. The van der Waals surface area contributed by atoms with E-state index in [-0.39, 0.29) is 4.90 Å². The molecule has 0 aromatic heterocycles. The number of sulfonamides is 1. The highest BCUT2D eigenvalue weighted by molar-refractivity contribution is 7.89. The molecule has 2 rings (SSSR count). The number of hydrogen-bond acceptors (Lipinski definition) is 3. The first-order valence-corrected chi connectivity index (χ1v) is 6.93. The molecule has 0 saturated carbocycles. The Hall–Kier alpha value is -0.980. The van der Waals surface area contributed by atoms with Gasteiger partial charge in [0.05, 0.1) is 4.90 Å². The highest BCUT2D eigenvalue weighted by atomic mass is 32.2. The van der Waals surface area contributed by atoms with Crippen LogP contribution in [0.1, 0.15) is 5.56 Å². The normalized spacial score (nSPS) is 18.2. The van der Waals surface area contributed by atoms with E-state index >= 15 is 0 Å². The van der Waals surface area contributed by atoms with E-state index in [1.807, 2.05) is 0 Å². The molecule has 4 nitrogen and oxygen atoms in total. The maximum absolute atomic E-state index is 13.1. The average Bonchev–Trinajstić information content (AvgIpc) is 2.33. The third-order valence-electron chi connectivity index (χ3n) is 2.84. The predicted molar refractivity (Wildman–Crippen MR) is 62.8 cm³/mol. The molecular formula is C11H15FN2O2S. The molecule has 0 bridgehead atoms. The summed E-state index contributed by atoms with van der Waals surface area (Å²) in [7, 11) is -3.56. The summed E-state index contributed by atoms with van der Waals surface area (Å²) in [6, 6.07) is 3.85. The van der Waals surface area contributed by atoms with Crippen molar-refractivity contribution in [2.24, 2.45) is 0 Å². The van der Waals surface area contributed by atoms with E-state index in [2.05, 4.69) is 5.32 Å². The molecule has 0 spiro atoms. The second-order valence-corrected chi connectivity index (χ2v) is 5.97. The van der Waals surface area contributed by atoms with Gasteiger partial charge in [0.2, 0.25) is 10.0 Å². The van der Waals surface area contributed by atoms with Crippen molar-refractivity contribution in [2.45, 2.75) is 11.8 Å². The topological polar surface area (TPSA) is 49.4 Å². The van der Waals surface area contributed by atoms with E-state index in [0.717, 1.165) is 6.07 Å². The number of halogens is 1. The van der Waals surface area contributed by atoms with Crippen LogP contribution < -0.4 is 5.32 Å². The van der Waals surface area contributed by atoms with Crippen molar-refractivity contribution in [3.05, 3.63) is 29.6 Å². The minimum Gasteiger partial charge on any atom is -0.314 e. The molecule has 1 aromatic rings. The highest BCUT2D eigenvalue weighted by Crippen LogP contribution is 2.21. The van der Waals surface area contributed by atoms with Crippen molar-refractivity contribution < 1.29 is 12.8 Å². The van der Waals surface area contributed by atoms with Crippen molar-refractivity contribution in [2.75, 3.05) is 26.2 Å². The van der Waals surface area contributed by atoms with E-state index in [1.54, 1.807) is 6.92 Å². The van der Waals surface area contributed by atoms with Gasteiger partial charge in [-0.15, -0.1) is 0 Å². The second-order valence-electron chi connectivity index (χ2n) is 4.06. The summed E-state index contributed by atoms with van der Waals surface area (Å²) in [5.41, 5.74) is 0.574. The van der Waals surface area contributed by atoms with Crippen LogP contribution in [0.5, 0.6) is 0 Å². The SMILES string of the molecule is Cc1ccc(F)cc1S(=O)(=O)N1CCNCC1. The molecule has 1 aliphatic rings. The molecule has 1 fully saturated rings. The van der Waals surface area contributed by atoms with Gasteiger partial charge in [0.1, 0.15) is 5.82 Å². The van der Waals surface area contributed by atoms with Crippen molar-refractivity contribution in [3.63, 3.8) is 0 Å². The van der Waals surface area contributed by atoms with Crippen LogP contribution in [0.3, 0.4) is 0 Å². The Bertz CT molecular complexity index is 510. The number of piperazine rings is 1. The molecule has 0 unspecified atom stereocenters. The van der Waals surface area contributed by atoms with Crippen LogP contribution >= 0.6 is 0 Å². The van der Waals surface area contributed by atoms with E-state index in [0.29, 0.717) is 31.7 Å². The largest absolute Gasteiger partial charge is 0.314 e. The van der Waals surface area contributed by atoms with Crippen LogP contribution in [0, 0.1) is 12.7 Å². The summed E-state index contributed by atoms with van der Waals surface area (Å²) < 4.78 is 39.1. The summed E-state index contributed by atoms with van der Waals surface area (Å²) in [5.74, 6) is -0.524. The quantitative estimate of drug-likeness (QED) is 0.850. The summed E-state index contributed by atoms with van der Waals surface area (Å²) in [6.45, 7) is 3.80. The summed E-state index contributed by atoms with van der Waals surface area (Å²) >= 11 is 0. The van der Waals surface area contributed by atoms with Crippen molar-refractivity contribution >= 4 is 10.0 Å². The third kappa shape index (κ3) is 2.48. The zero-order valence-corrected chi connectivity index (χ0v) is 10.4. The fraction of sp³-hybridized carbons (Fsp3) is 0.455. The Morgan fingerprint density at radius 3 is 2.59 bits per heavy atom. The molecule has 6 heteroatoms. The smallest absolute Gasteiger partial charge is 0.243 e. The van der Waals surface area contributed by atoms with E-state index < -0.39 is 15.8 Å². The average molecular weight is 258 g/mol. The van der Waals surface area contributed by atoms with E-state index in [1.165, 1.54) is 16.4 Å². The first-order chi connectivity index (χ1) is 8.01. The van der Waals surface area contributed by atoms with Gasteiger partial charge in [-0.1, -0.05) is 6.07 Å². The molecular weight excluding hydrogens is 243 g/mol. The molecule has 0 amide bonds. The molecule has 0 radical (unpaired) electrons. The molecule has 0 aliphatic carbocycles. The van der Waals surface area contributed by atoms with Gasteiger partial charge in [-0.2, -0.15) is 4.31 Å². The summed E-state index contributed by atoms with van der Waals surface area (Å²) in [5, 5.41) is 3.08. The van der Waals surface area contributed by atoms with Gasteiger partial charge in [0, 0.05) is 26.2 Å². The Labute approximate surface area is 100 Å².